The van der Waals surface area contributed by atoms with Crippen LogP contribution >= 0.6 is 0 Å². The first-order valence-corrected chi connectivity index (χ1v) is 8.95. The molecule has 2 aromatic carbocycles. The lowest BCUT2D eigenvalue weighted by atomic mass is 10.1. The maximum atomic E-state index is 12.3. The molecule has 0 unspecified atom stereocenters. The van der Waals surface area contributed by atoms with Gasteiger partial charge in [-0.1, -0.05) is 36.4 Å². The second-order valence-corrected chi connectivity index (χ2v) is 6.45. The number of anilines is 1. The van der Waals surface area contributed by atoms with Crippen LogP contribution in [-0.4, -0.2) is 21.9 Å². The van der Waals surface area contributed by atoms with E-state index in [1.54, 1.807) is 10.9 Å². The Kier molecular flexibility index (Phi) is 6.22. The molecule has 0 saturated heterocycles. The smallest absolute Gasteiger partial charge is 0.319 e. The second kappa shape index (κ2) is 9.00. The molecule has 0 saturated carbocycles. The molecular formula is C21H24N4O2. The molecule has 0 fully saturated rings. The summed E-state index contributed by atoms with van der Waals surface area (Å²) in [4.78, 5) is 12.3. The van der Waals surface area contributed by atoms with E-state index in [1.807, 2.05) is 74.6 Å². The van der Waals surface area contributed by atoms with Gasteiger partial charge >= 0.3 is 6.03 Å². The van der Waals surface area contributed by atoms with Crippen LogP contribution in [-0.2, 0) is 17.9 Å². The Morgan fingerprint density at radius 3 is 2.52 bits per heavy atom. The number of rotatable bonds is 7. The van der Waals surface area contributed by atoms with E-state index in [0.717, 1.165) is 16.8 Å². The van der Waals surface area contributed by atoms with Gasteiger partial charge in [-0.05, 0) is 43.2 Å². The first-order chi connectivity index (χ1) is 13.1. The van der Waals surface area contributed by atoms with Crippen molar-refractivity contribution in [2.24, 2.45) is 0 Å². The summed E-state index contributed by atoms with van der Waals surface area (Å²) < 4.78 is 7.30. The Labute approximate surface area is 159 Å². The Morgan fingerprint density at radius 2 is 1.81 bits per heavy atom. The van der Waals surface area contributed by atoms with Gasteiger partial charge in [0, 0.05) is 18.9 Å². The number of urea groups is 1. The molecule has 0 bridgehead atoms. The van der Waals surface area contributed by atoms with Crippen molar-refractivity contribution in [3.63, 3.8) is 0 Å². The van der Waals surface area contributed by atoms with E-state index < -0.39 is 0 Å². The number of hydrogen-bond acceptors (Lipinski definition) is 3. The molecule has 27 heavy (non-hydrogen) atoms. The van der Waals surface area contributed by atoms with Crippen LogP contribution in [0.5, 0.6) is 0 Å². The van der Waals surface area contributed by atoms with E-state index in [1.165, 1.54) is 0 Å². The quantitative estimate of drug-likeness (QED) is 0.663. The molecule has 1 aromatic heterocycles. The molecule has 2 N–H and O–H groups in total. The minimum atomic E-state index is -0.262. The van der Waals surface area contributed by atoms with E-state index in [4.69, 9.17) is 4.74 Å². The number of amides is 2. The molecule has 0 radical (unpaired) electrons. The van der Waals surface area contributed by atoms with Crippen LogP contribution in [0.15, 0.2) is 67.0 Å². The fraction of sp³-hybridized carbons (Fsp3) is 0.238. The van der Waals surface area contributed by atoms with E-state index >= 15 is 0 Å². The average molecular weight is 364 g/mol. The lowest BCUT2D eigenvalue weighted by Crippen LogP contribution is -2.28. The third-order valence-corrected chi connectivity index (χ3v) is 3.96. The molecule has 6 nitrogen and oxygen atoms in total. The monoisotopic (exact) mass is 364 g/mol. The standard InChI is InChI=1S/C21H24N4O2/c1-16(2)27-15-18-10-8-17(9-11-18)14-22-21(26)24-19-6-3-4-7-20(19)25-13-5-12-23-25/h3-13,16H,14-15H2,1-2H3,(H2,22,24,26). The van der Waals surface area contributed by atoms with Crippen molar-refractivity contribution >= 4 is 11.7 Å². The van der Waals surface area contributed by atoms with Crippen LogP contribution in [0.4, 0.5) is 10.5 Å². The number of nitrogens with zero attached hydrogens (tertiary/aromatic N) is 2. The molecule has 6 heteroatoms. The molecule has 0 aliphatic carbocycles. The number of para-hydroxylation sites is 2. The van der Waals surface area contributed by atoms with Gasteiger partial charge < -0.3 is 15.4 Å². The third kappa shape index (κ3) is 5.43. The summed E-state index contributed by atoms with van der Waals surface area (Å²) in [5.74, 6) is 0. The largest absolute Gasteiger partial charge is 0.374 e. The molecule has 3 aromatic rings. The summed E-state index contributed by atoms with van der Waals surface area (Å²) in [6, 6.07) is 17.1. The Hall–Kier alpha value is -3.12. The number of nitrogens with one attached hydrogen (secondary N) is 2. The van der Waals surface area contributed by atoms with Crippen LogP contribution < -0.4 is 10.6 Å². The molecule has 0 atom stereocenters. The molecule has 0 aliphatic heterocycles. The molecule has 3 rings (SSSR count). The summed E-state index contributed by atoms with van der Waals surface area (Å²) in [6.45, 7) is 5.07. The van der Waals surface area contributed by atoms with Gasteiger partial charge in [-0.25, -0.2) is 9.48 Å². The van der Waals surface area contributed by atoms with Gasteiger partial charge in [-0.3, -0.25) is 0 Å². The normalized spacial score (nSPS) is 10.8. The van der Waals surface area contributed by atoms with Crippen LogP contribution in [0.3, 0.4) is 0 Å². The average Bonchev–Trinajstić information content (AvgIpc) is 3.20. The summed E-state index contributed by atoms with van der Waals surface area (Å²) >= 11 is 0. The fourth-order valence-electron chi connectivity index (χ4n) is 2.56. The Balaban J connectivity index is 1.55. The minimum absolute atomic E-state index is 0.208. The first-order valence-electron chi connectivity index (χ1n) is 8.95. The summed E-state index contributed by atoms with van der Waals surface area (Å²) in [5.41, 5.74) is 3.65. The zero-order valence-electron chi connectivity index (χ0n) is 15.6. The zero-order valence-corrected chi connectivity index (χ0v) is 15.6. The van der Waals surface area contributed by atoms with Crippen LogP contribution in [0.25, 0.3) is 5.69 Å². The predicted octanol–water partition coefficient (Wildman–Crippen LogP) is 4.12. The van der Waals surface area contributed by atoms with Crippen molar-refractivity contribution in [2.75, 3.05) is 5.32 Å². The highest BCUT2D eigenvalue weighted by Gasteiger charge is 2.08. The van der Waals surface area contributed by atoms with Crippen molar-refractivity contribution < 1.29 is 9.53 Å². The molecule has 140 valence electrons. The highest BCUT2D eigenvalue weighted by atomic mass is 16.5. The van der Waals surface area contributed by atoms with E-state index in [2.05, 4.69) is 15.7 Å². The van der Waals surface area contributed by atoms with Crippen molar-refractivity contribution in [1.29, 1.82) is 0 Å². The van der Waals surface area contributed by atoms with Crippen molar-refractivity contribution in [3.8, 4) is 5.69 Å². The van der Waals surface area contributed by atoms with Gasteiger partial charge in [0.25, 0.3) is 0 Å². The minimum Gasteiger partial charge on any atom is -0.374 e. The highest BCUT2D eigenvalue weighted by Crippen LogP contribution is 2.18. The highest BCUT2D eigenvalue weighted by molar-refractivity contribution is 5.91. The Morgan fingerprint density at radius 1 is 1.07 bits per heavy atom. The number of ether oxygens (including phenoxy) is 1. The molecule has 2 amide bonds. The number of carbonyl (C=O) groups excluding carboxylic acids is 1. The number of benzene rings is 2. The molecule has 0 spiro atoms. The van der Waals surface area contributed by atoms with Crippen molar-refractivity contribution in [3.05, 3.63) is 78.1 Å². The van der Waals surface area contributed by atoms with Gasteiger partial charge in [0.1, 0.15) is 0 Å². The van der Waals surface area contributed by atoms with Crippen LogP contribution in [0.2, 0.25) is 0 Å². The number of aromatic nitrogens is 2. The topological polar surface area (TPSA) is 68.2 Å². The van der Waals surface area contributed by atoms with E-state index in [9.17, 15) is 4.79 Å². The van der Waals surface area contributed by atoms with Crippen molar-refractivity contribution in [1.82, 2.24) is 15.1 Å². The van der Waals surface area contributed by atoms with Gasteiger partial charge in [0.2, 0.25) is 0 Å². The van der Waals surface area contributed by atoms with Gasteiger partial charge in [-0.15, -0.1) is 0 Å². The SMILES string of the molecule is CC(C)OCc1ccc(CNC(=O)Nc2ccccc2-n2cccn2)cc1. The van der Waals surface area contributed by atoms with E-state index in [0.29, 0.717) is 18.8 Å². The van der Waals surface area contributed by atoms with Crippen LogP contribution in [0.1, 0.15) is 25.0 Å². The second-order valence-electron chi connectivity index (χ2n) is 6.45. The Bertz CT molecular complexity index is 858. The zero-order chi connectivity index (χ0) is 19.1. The van der Waals surface area contributed by atoms with Gasteiger partial charge in [0.15, 0.2) is 0 Å². The predicted molar refractivity (Wildman–Crippen MR) is 106 cm³/mol. The fourth-order valence-corrected chi connectivity index (χ4v) is 2.56. The summed E-state index contributed by atoms with van der Waals surface area (Å²) in [5, 5.41) is 9.98. The van der Waals surface area contributed by atoms with Gasteiger partial charge in [-0.2, -0.15) is 5.10 Å². The lowest BCUT2D eigenvalue weighted by molar-refractivity contribution is 0.0657. The molecular weight excluding hydrogens is 340 g/mol. The number of hydrogen-bond donors (Lipinski definition) is 2. The maximum Gasteiger partial charge on any atom is 0.319 e. The van der Waals surface area contributed by atoms with Gasteiger partial charge in [0.05, 0.1) is 24.1 Å². The lowest BCUT2D eigenvalue weighted by Gasteiger charge is -2.12. The van der Waals surface area contributed by atoms with E-state index in [-0.39, 0.29) is 12.1 Å². The first kappa shape index (κ1) is 18.7. The maximum absolute atomic E-state index is 12.3. The number of carbonyl (C=O) groups is 1. The summed E-state index contributed by atoms with van der Waals surface area (Å²) in [7, 11) is 0. The molecule has 1 heterocycles. The summed E-state index contributed by atoms with van der Waals surface area (Å²) in [6.07, 6.45) is 3.75. The van der Waals surface area contributed by atoms with Crippen LogP contribution in [0, 0.1) is 0 Å². The third-order valence-electron chi connectivity index (χ3n) is 3.96. The molecule has 0 aliphatic rings. The van der Waals surface area contributed by atoms with Crippen molar-refractivity contribution in [2.45, 2.75) is 33.1 Å².